The summed E-state index contributed by atoms with van der Waals surface area (Å²) in [6, 6.07) is 14.9. The van der Waals surface area contributed by atoms with Gasteiger partial charge in [0.1, 0.15) is 19.0 Å². The molecule has 0 fully saturated rings. The first-order valence-electron chi connectivity index (χ1n) is 9.24. The number of benzene rings is 2. The fraction of sp³-hybridized carbons (Fsp3) is 0.182. The van der Waals surface area contributed by atoms with Crippen LogP contribution in [0, 0.1) is 0 Å². The molecule has 0 radical (unpaired) electrons. The van der Waals surface area contributed by atoms with Gasteiger partial charge >= 0.3 is 0 Å². The Bertz CT molecular complexity index is 1010. The molecule has 0 saturated carbocycles. The Morgan fingerprint density at radius 2 is 1.79 bits per heavy atom. The lowest BCUT2D eigenvalue weighted by atomic mass is 10.2. The largest absolute Gasteiger partial charge is 0.497 e. The van der Waals surface area contributed by atoms with Crippen LogP contribution in [-0.4, -0.2) is 31.2 Å². The van der Waals surface area contributed by atoms with Gasteiger partial charge in [-0.25, -0.2) is 0 Å². The summed E-state index contributed by atoms with van der Waals surface area (Å²) in [5.74, 6) is 2.01. The van der Waals surface area contributed by atoms with Crippen LogP contribution in [0.4, 0.5) is 11.4 Å². The molecule has 0 saturated heterocycles. The first-order valence-corrected chi connectivity index (χ1v) is 9.24. The molecule has 0 unspecified atom stereocenters. The van der Waals surface area contributed by atoms with Crippen molar-refractivity contribution in [3.8, 4) is 17.2 Å². The van der Waals surface area contributed by atoms with Crippen LogP contribution in [0.15, 0.2) is 60.9 Å². The summed E-state index contributed by atoms with van der Waals surface area (Å²) in [6.07, 6.45) is 3.20. The first-order chi connectivity index (χ1) is 14.2. The molecule has 7 nitrogen and oxygen atoms in total. The maximum absolute atomic E-state index is 12.5. The van der Waals surface area contributed by atoms with Crippen molar-refractivity contribution in [2.75, 3.05) is 25.6 Å². The van der Waals surface area contributed by atoms with Crippen molar-refractivity contribution in [1.29, 1.82) is 0 Å². The Balaban J connectivity index is 1.40. The summed E-state index contributed by atoms with van der Waals surface area (Å²) in [5.41, 5.74) is 2.99. The quantitative estimate of drug-likeness (QED) is 0.669. The molecule has 1 amide bonds. The van der Waals surface area contributed by atoms with E-state index in [0.29, 0.717) is 36.8 Å². The predicted molar refractivity (Wildman–Crippen MR) is 109 cm³/mol. The Morgan fingerprint density at radius 3 is 2.59 bits per heavy atom. The van der Waals surface area contributed by atoms with E-state index in [4.69, 9.17) is 14.2 Å². The lowest BCUT2D eigenvalue weighted by Gasteiger charge is -2.19. The molecule has 3 aromatic rings. The molecular weight excluding hydrogens is 370 g/mol. The summed E-state index contributed by atoms with van der Waals surface area (Å²) in [7, 11) is 1.62. The van der Waals surface area contributed by atoms with Gasteiger partial charge < -0.3 is 24.8 Å². The number of nitrogens with one attached hydrogen (secondary N) is 2. The van der Waals surface area contributed by atoms with Crippen LogP contribution in [0.1, 0.15) is 15.9 Å². The highest BCUT2D eigenvalue weighted by molar-refractivity contribution is 5.94. The number of fused-ring (bicyclic) bond motifs is 1. The minimum Gasteiger partial charge on any atom is -0.497 e. The van der Waals surface area contributed by atoms with E-state index in [1.54, 1.807) is 25.6 Å². The second kappa shape index (κ2) is 8.52. The molecular formula is C22H21N3O4. The van der Waals surface area contributed by atoms with E-state index < -0.39 is 0 Å². The van der Waals surface area contributed by atoms with Gasteiger partial charge in [0.15, 0.2) is 11.5 Å². The highest BCUT2D eigenvalue weighted by Gasteiger charge is 2.12. The summed E-state index contributed by atoms with van der Waals surface area (Å²) in [4.78, 5) is 16.7. The minimum absolute atomic E-state index is 0.195. The molecule has 0 atom stereocenters. The van der Waals surface area contributed by atoms with Gasteiger partial charge in [0.2, 0.25) is 0 Å². The Morgan fingerprint density at radius 1 is 1.00 bits per heavy atom. The molecule has 7 heteroatoms. The highest BCUT2D eigenvalue weighted by atomic mass is 16.6. The van der Waals surface area contributed by atoms with Gasteiger partial charge in [-0.1, -0.05) is 12.1 Å². The maximum Gasteiger partial charge on any atom is 0.253 e. The number of hydrogen-bond donors (Lipinski definition) is 2. The lowest BCUT2D eigenvalue weighted by Crippen LogP contribution is -2.23. The van der Waals surface area contributed by atoms with E-state index in [0.717, 1.165) is 22.7 Å². The summed E-state index contributed by atoms with van der Waals surface area (Å²) in [5, 5.41) is 6.14. The average molecular weight is 391 g/mol. The molecule has 29 heavy (non-hydrogen) atoms. The van der Waals surface area contributed by atoms with E-state index in [1.807, 2.05) is 42.5 Å². The number of anilines is 2. The summed E-state index contributed by atoms with van der Waals surface area (Å²) < 4.78 is 16.3. The van der Waals surface area contributed by atoms with E-state index in [9.17, 15) is 4.79 Å². The number of carbonyl (C=O) groups excluding carboxylic acids is 1. The molecule has 2 heterocycles. The second-order valence-electron chi connectivity index (χ2n) is 6.48. The molecule has 148 valence electrons. The van der Waals surface area contributed by atoms with Crippen LogP contribution in [0.5, 0.6) is 17.2 Å². The molecule has 0 spiro atoms. The van der Waals surface area contributed by atoms with Crippen LogP contribution >= 0.6 is 0 Å². The fourth-order valence-electron chi connectivity index (χ4n) is 2.95. The number of aromatic nitrogens is 1. The van der Waals surface area contributed by atoms with Gasteiger partial charge in [0, 0.05) is 24.5 Å². The highest BCUT2D eigenvalue weighted by Crippen LogP contribution is 2.33. The average Bonchev–Trinajstić information content (AvgIpc) is 2.78. The number of ether oxygens (including phenoxy) is 3. The predicted octanol–water partition coefficient (Wildman–Crippen LogP) is 3.54. The third-order valence-electron chi connectivity index (χ3n) is 4.44. The third kappa shape index (κ3) is 4.57. The van der Waals surface area contributed by atoms with E-state index in [-0.39, 0.29) is 5.91 Å². The number of pyridine rings is 1. The second-order valence-corrected chi connectivity index (χ2v) is 6.48. The molecule has 2 aromatic carbocycles. The molecule has 1 aliphatic rings. The van der Waals surface area contributed by atoms with Gasteiger partial charge in [0.05, 0.1) is 24.6 Å². The van der Waals surface area contributed by atoms with Gasteiger partial charge in [0.25, 0.3) is 5.91 Å². The zero-order valence-electron chi connectivity index (χ0n) is 16.0. The summed E-state index contributed by atoms with van der Waals surface area (Å²) in [6.45, 7) is 1.50. The number of rotatable bonds is 6. The third-order valence-corrected chi connectivity index (χ3v) is 4.44. The van der Waals surface area contributed by atoms with Crippen molar-refractivity contribution in [2.24, 2.45) is 0 Å². The van der Waals surface area contributed by atoms with Crippen molar-refractivity contribution in [2.45, 2.75) is 6.54 Å². The number of nitrogens with zero attached hydrogens (tertiary/aromatic N) is 1. The molecule has 0 bridgehead atoms. The molecule has 0 aliphatic carbocycles. The van der Waals surface area contributed by atoms with Crippen molar-refractivity contribution < 1.29 is 19.0 Å². The SMILES string of the molecule is COc1ccc(CNC(=O)c2cncc(Nc3ccc4c(c3)OCCO4)c2)cc1. The number of carbonyl (C=O) groups is 1. The fourth-order valence-corrected chi connectivity index (χ4v) is 2.95. The molecule has 1 aromatic heterocycles. The van der Waals surface area contributed by atoms with Crippen molar-refractivity contribution in [1.82, 2.24) is 10.3 Å². The molecule has 2 N–H and O–H groups in total. The lowest BCUT2D eigenvalue weighted by molar-refractivity contribution is 0.0950. The number of methoxy groups -OCH3 is 1. The van der Waals surface area contributed by atoms with Gasteiger partial charge in [-0.15, -0.1) is 0 Å². The van der Waals surface area contributed by atoms with E-state index >= 15 is 0 Å². The maximum atomic E-state index is 12.5. The van der Waals surface area contributed by atoms with Crippen molar-refractivity contribution in [3.05, 3.63) is 72.1 Å². The zero-order chi connectivity index (χ0) is 20.1. The smallest absolute Gasteiger partial charge is 0.253 e. The monoisotopic (exact) mass is 391 g/mol. The van der Waals surface area contributed by atoms with Crippen LogP contribution in [0.2, 0.25) is 0 Å². The van der Waals surface area contributed by atoms with Crippen LogP contribution in [0.25, 0.3) is 0 Å². The molecule has 1 aliphatic heterocycles. The molecule has 4 rings (SSSR count). The standard InChI is InChI=1S/C22H21N3O4/c1-27-19-5-2-15(3-6-19)12-24-22(26)16-10-18(14-23-13-16)25-17-4-7-20-21(11-17)29-9-8-28-20/h2-7,10-11,13-14,25H,8-9,12H2,1H3,(H,24,26). The van der Waals surface area contributed by atoms with Gasteiger partial charge in [-0.2, -0.15) is 0 Å². The van der Waals surface area contributed by atoms with Crippen LogP contribution < -0.4 is 24.8 Å². The minimum atomic E-state index is -0.195. The van der Waals surface area contributed by atoms with Crippen LogP contribution in [-0.2, 0) is 6.54 Å². The van der Waals surface area contributed by atoms with Gasteiger partial charge in [-0.3, -0.25) is 9.78 Å². The topological polar surface area (TPSA) is 81.7 Å². The Hall–Kier alpha value is -3.74. The van der Waals surface area contributed by atoms with Gasteiger partial charge in [-0.05, 0) is 35.9 Å². The summed E-state index contributed by atoms with van der Waals surface area (Å²) >= 11 is 0. The van der Waals surface area contributed by atoms with Crippen molar-refractivity contribution >= 4 is 17.3 Å². The normalized spacial score (nSPS) is 12.2. The van der Waals surface area contributed by atoms with E-state index in [2.05, 4.69) is 15.6 Å². The number of amides is 1. The zero-order valence-corrected chi connectivity index (χ0v) is 16.0. The number of hydrogen-bond acceptors (Lipinski definition) is 6. The van der Waals surface area contributed by atoms with Crippen molar-refractivity contribution in [3.63, 3.8) is 0 Å². The Kier molecular flexibility index (Phi) is 5.47. The van der Waals surface area contributed by atoms with Crippen LogP contribution in [0.3, 0.4) is 0 Å². The first kappa shape index (κ1) is 18.6. The van der Waals surface area contributed by atoms with E-state index in [1.165, 1.54) is 0 Å². The Labute approximate surface area is 168 Å².